The Morgan fingerprint density at radius 1 is 1.32 bits per heavy atom. The zero-order valence-corrected chi connectivity index (χ0v) is 12.2. The van der Waals surface area contributed by atoms with Crippen LogP contribution in [0.4, 0.5) is 5.69 Å². The van der Waals surface area contributed by atoms with E-state index in [0.29, 0.717) is 26.2 Å². The Balaban J connectivity index is 2.09. The van der Waals surface area contributed by atoms with Crippen molar-refractivity contribution in [1.82, 2.24) is 14.6 Å². The number of pyridine rings is 1. The molecule has 0 atom stereocenters. The van der Waals surface area contributed by atoms with Gasteiger partial charge in [-0.2, -0.15) is 4.31 Å². The Morgan fingerprint density at radius 2 is 2.00 bits per heavy atom. The average molecular weight is 284 g/mol. The maximum absolute atomic E-state index is 11.5. The van der Waals surface area contributed by atoms with E-state index in [9.17, 15) is 8.42 Å². The largest absolute Gasteiger partial charge is 0.367 e. The van der Waals surface area contributed by atoms with Crippen molar-refractivity contribution in [3.8, 4) is 0 Å². The van der Waals surface area contributed by atoms with Gasteiger partial charge in [0.25, 0.3) is 0 Å². The molecule has 1 N–H and O–H groups in total. The molecule has 1 aromatic heterocycles. The molecule has 0 aromatic carbocycles. The Kier molecular flexibility index (Phi) is 4.38. The number of hydrogen-bond acceptors (Lipinski definition) is 5. The van der Waals surface area contributed by atoms with Gasteiger partial charge in [-0.3, -0.25) is 4.98 Å². The van der Waals surface area contributed by atoms with Crippen LogP contribution in [0.15, 0.2) is 18.5 Å². The SMILES string of the molecule is CNCc1ccncc1N1CCN(S(C)(=O)=O)CC1. The summed E-state index contributed by atoms with van der Waals surface area (Å²) in [5.41, 5.74) is 2.27. The number of aromatic nitrogens is 1. The van der Waals surface area contributed by atoms with E-state index in [1.165, 1.54) is 16.1 Å². The summed E-state index contributed by atoms with van der Waals surface area (Å²) in [5.74, 6) is 0. The van der Waals surface area contributed by atoms with E-state index in [0.717, 1.165) is 12.2 Å². The molecule has 2 heterocycles. The topological polar surface area (TPSA) is 65.5 Å². The van der Waals surface area contributed by atoms with Crippen LogP contribution in [0.2, 0.25) is 0 Å². The highest BCUT2D eigenvalue weighted by Crippen LogP contribution is 2.21. The minimum atomic E-state index is -3.07. The maximum atomic E-state index is 11.5. The van der Waals surface area contributed by atoms with Gasteiger partial charge >= 0.3 is 0 Å². The molecule has 0 radical (unpaired) electrons. The zero-order valence-electron chi connectivity index (χ0n) is 11.3. The third kappa shape index (κ3) is 3.43. The Morgan fingerprint density at radius 3 is 2.58 bits per heavy atom. The van der Waals surface area contributed by atoms with Crippen LogP contribution < -0.4 is 10.2 Å². The number of hydrogen-bond donors (Lipinski definition) is 1. The van der Waals surface area contributed by atoms with Gasteiger partial charge in [-0.1, -0.05) is 0 Å². The van der Waals surface area contributed by atoms with Crippen molar-refractivity contribution in [3.05, 3.63) is 24.0 Å². The van der Waals surface area contributed by atoms with Crippen LogP contribution in [-0.4, -0.2) is 57.2 Å². The molecular formula is C12H20N4O2S. The van der Waals surface area contributed by atoms with Gasteiger partial charge in [0.1, 0.15) is 0 Å². The lowest BCUT2D eigenvalue weighted by molar-refractivity contribution is 0.387. The van der Waals surface area contributed by atoms with Gasteiger partial charge < -0.3 is 10.2 Å². The van der Waals surface area contributed by atoms with Crippen molar-refractivity contribution < 1.29 is 8.42 Å². The minimum Gasteiger partial charge on any atom is -0.367 e. The summed E-state index contributed by atoms with van der Waals surface area (Å²) < 4.78 is 24.5. The summed E-state index contributed by atoms with van der Waals surface area (Å²) in [6.07, 6.45) is 4.89. The molecule has 0 amide bonds. The molecule has 0 spiro atoms. The smallest absolute Gasteiger partial charge is 0.211 e. The normalized spacial score (nSPS) is 17.7. The molecule has 1 aromatic rings. The van der Waals surface area contributed by atoms with Crippen molar-refractivity contribution in [3.63, 3.8) is 0 Å². The first-order valence-electron chi connectivity index (χ1n) is 6.30. The second kappa shape index (κ2) is 5.85. The molecule has 1 saturated heterocycles. The summed E-state index contributed by atoms with van der Waals surface area (Å²) >= 11 is 0. The number of nitrogens with one attached hydrogen (secondary N) is 1. The van der Waals surface area contributed by atoms with Gasteiger partial charge in [-0.05, 0) is 18.7 Å². The first kappa shape index (κ1) is 14.2. The minimum absolute atomic E-state index is 0.534. The number of rotatable bonds is 4. The van der Waals surface area contributed by atoms with Crippen molar-refractivity contribution in [2.75, 3.05) is 44.4 Å². The van der Waals surface area contributed by atoms with E-state index in [2.05, 4.69) is 15.2 Å². The van der Waals surface area contributed by atoms with Crippen LogP contribution in [-0.2, 0) is 16.6 Å². The Labute approximate surface area is 114 Å². The second-order valence-corrected chi connectivity index (χ2v) is 6.67. The fourth-order valence-electron chi connectivity index (χ4n) is 2.30. The van der Waals surface area contributed by atoms with Crippen LogP contribution in [0, 0.1) is 0 Å². The lowest BCUT2D eigenvalue weighted by Crippen LogP contribution is -2.48. The molecule has 7 heteroatoms. The molecule has 0 saturated carbocycles. The second-order valence-electron chi connectivity index (χ2n) is 4.68. The fourth-order valence-corrected chi connectivity index (χ4v) is 3.13. The number of anilines is 1. The fraction of sp³-hybridized carbons (Fsp3) is 0.583. The van der Waals surface area contributed by atoms with Crippen molar-refractivity contribution >= 4 is 15.7 Å². The standard InChI is InChI=1S/C12H20N4O2S/c1-13-9-11-3-4-14-10-12(11)15-5-7-16(8-6-15)19(2,17)18/h3-4,10,13H,5-9H2,1-2H3. The van der Waals surface area contributed by atoms with Crippen molar-refractivity contribution in [1.29, 1.82) is 0 Å². The van der Waals surface area contributed by atoms with E-state index in [4.69, 9.17) is 0 Å². The summed E-state index contributed by atoms with van der Waals surface area (Å²) in [6, 6.07) is 1.99. The third-order valence-electron chi connectivity index (χ3n) is 3.30. The van der Waals surface area contributed by atoms with Gasteiger partial charge in [-0.25, -0.2) is 8.42 Å². The van der Waals surface area contributed by atoms with Gasteiger partial charge in [0.2, 0.25) is 10.0 Å². The van der Waals surface area contributed by atoms with Crippen molar-refractivity contribution in [2.24, 2.45) is 0 Å². The molecule has 0 unspecified atom stereocenters. The Bertz CT molecular complexity index is 524. The van der Waals surface area contributed by atoms with Gasteiger partial charge in [0.15, 0.2) is 0 Å². The lowest BCUT2D eigenvalue weighted by Gasteiger charge is -2.35. The summed E-state index contributed by atoms with van der Waals surface area (Å²) in [7, 11) is -1.16. The van der Waals surface area contributed by atoms with Gasteiger partial charge in [0, 0.05) is 38.9 Å². The predicted octanol–water partition coefficient (Wildman–Crippen LogP) is -0.117. The summed E-state index contributed by atoms with van der Waals surface area (Å²) in [6.45, 7) is 3.26. The van der Waals surface area contributed by atoms with E-state index in [1.54, 1.807) is 6.20 Å². The number of sulfonamides is 1. The highest BCUT2D eigenvalue weighted by Gasteiger charge is 2.24. The number of piperazine rings is 1. The van der Waals surface area contributed by atoms with E-state index in [1.807, 2.05) is 19.3 Å². The van der Waals surface area contributed by atoms with E-state index < -0.39 is 10.0 Å². The van der Waals surface area contributed by atoms with Crippen LogP contribution >= 0.6 is 0 Å². The highest BCUT2D eigenvalue weighted by atomic mass is 32.2. The maximum Gasteiger partial charge on any atom is 0.211 e. The molecule has 19 heavy (non-hydrogen) atoms. The van der Waals surface area contributed by atoms with Gasteiger partial charge in [-0.15, -0.1) is 0 Å². The molecule has 2 rings (SSSR count). The molecule has 0 bridgehead atoms. The molecule has 106 valence electrons. The average Bonchev–Trinajstić information content (AvgIpc) is 2.39. The lowest BCUT2D eigenvalue weighted by atomic mass is 10.2. The van der Waals surface area contributed by atoms with Crippen LogP contribution in [0.25, 0.3) is 0 Å². The van der Waals surface area contributed by atoms with Crippen LogP contribution in [0.1, 0.15) is 5.56 Å². The quantitative estimate of drug-likeness (QED) is 0.835. The van der Waals surface area contributed by atoms with Gasteiger partial charge in [0.05, 0.1) is 18.1 Å². The molecular weight excluding hydrogens is 264 g/mol. The number of nitrogens with zero attached hydrogens (tertiary/aromatic N) is 3. The molecule has 1 fully saturated rings. The summed E-state index contributed by atoms with van der Waals surface area (Å²) in [4.78, 5) is 6.37. The first-order valence-corrected chi connectivity index (χ1v) is 8.15. The zero-order chi connectivity index (χ0) is 13.9. The van der Waals surface area contributed by atoms with E-state index in [-0.39, 0.29) is 0 Å². The molecule has 1 aliphatic heterocycles. The monoisotopic (exact) mass is 284 g/mol. The molecule has 0 aliphatic carbocycles. The predicted molar refractivity (Wildman–Crippen MR) is 75.6 cm³/mol. The Hall–Kier alpha value is -1.18. The van der Waals surface area contributed by atoms with Crippen molar-refractivity contribution in [2.45, 2.75) is 6.54 Å². The first-order chi connectivity index (χ1) is 9.02. The summed E-state index contributed by atoms with van der Waals surface area (Å²) in [5, 5.41) is 3.14. The van der Waals surface area contributed by atoms with E-state index >= 15 is 0 Å². The molecule has 1 aliphatic rings. The van der Waals surface area contributed by atoms with Crippen LogP contribution in [0.5, 0.6) is 0 Å². The molecule has 6 nitrogen and oxygen atoms in total. The third-order valence-corrected chi connectivity index (χ3v) is 4.61. The van der Waals surface area contributed by atoms with Crippen LogP contribution in [0.3, 0.4) is 0 Å². The highest BCUT2D eigenvalue weighted by molar-refractivity contribution is 7.88.